The van der Waals surface area contributed by atoms with Crippen molar-refractivity contribution in [1.29, 1.82) is 0 Å². The largest absolute Gasteiger partial charge is 0.355 e. The number of carbonyl (C=O) groups is 1. The van der Waals surface area contributed by atoms with Gasteiger partial charge in [0.05, 0.1) is 0 Å². The van der Waals surface area contributed by atoms with Gasteiger partial charge < -0.3 is 9.80 Å². The zero-order chi connectivity index (χ0) is 17.4. The second-order valence-electron chi connectivity index (χ2n) is 7.02. The smallest absolute Gasteiger partial charge is 0.227 e. The first-order valence-electron chi connectivity index (χ1n) is 9.05. The Morgan fingerprint density at radius 1 is 0.880 bits per heavy atom. The molecule has 3 heterocycles. The monoisotopic (exact) mass is 336 g/mol. The molecule has 2 aliphatic rings. The highest BCUT2D eigenvalue weighted by molar-refractivity contribution is 5.81. The van der Waals surface area contributed by atoms with Crippen LogP contribution in [0.2, 0.25) is 0 Å². The Labute approximate surface area is 148 Å². The summed E-state index contributed by atoms with van der Waals surface area (Å²) in [6.45, 7) is 7.46. The topological polar surface area (TPSA) is 49.3 Å². The molecule has 0 atom stereocenters. The van der Waals surface area contributed by atoms with Crippen LogP contribution in [0.25, 0.3) is 0 Å². The summed E-state index contributed by atoms with van der Waals surface area (Å²) in [6.07, 6.45) is 2.27. The molecule has 1 fully saturated rings. The van der Waals surface area contributed by atoms with Gasteiger partial charge in [0.1, 0.15) is 11.6 Å². The molecule has 4 rings (SSSR count). The first-order valence-corrected chi connectivity index (χ1v) is 9.05. The molecular formula is C20H24N4O. The van der Waals surface area contributed by atoms with Crippen LogP contribution >= 0.6 is 0 Å². The number of piperidine rings is 1. The van der Waals surface area contributed by atoms with Gasteiger partial charge in [-0.2, -0.15) is 4.98 Å². The lowest BCUT2D eigenvalue weighted by Gasteiger charge is -2.32. The molecule has 2 aromatic rings. The number of aryl methyl sites for hydroxylation is 1. The van der Waals surface area contributed by atoms with E-state index in [1.165, 1.54) is 11.1 Å². The Morgan fingerprint density at radius 3 is 2.32 bits per heavy atom. The Bertz CT molecular complexity index is 807. The molecule has 5 nitrogen and oxygen atoms in total. The quantitative estimate of drug-likeness (QED) is 0.844. The fraction of sp³-hybridized carbons (Fsp3) is 0.450. The van der Waals surface area contributed by atoms with Crippen molar-refractivity contribution in [2.24, 2.45) is 0 Å². The van der Waals surface area contributed by atoms with E-state index in [9.17, 15) is 4.79 Å². The van der Waals surface area contributed by atoms with Crippen LogP contribution in [0.4, 0.5) is 11.8 Å². The van der Waals surface area contributed by atoms with Crippen molar-refractivity contribution < 1.29 is 4.79 Å². The Morgan fingerprint density at radius 2 is 1.56 bits per heavy atom. The zero-order valence-corrected chi connectivity index (χ0v) is 15.0. The van der Waals surface area contributed by atoms with Gasteiger partial charge in [-0.05, 0) is 31.4 Å². The van der Waals surface area contributed by atoms with Crippen molar-refractivity contribution >= 4 is 17.5 Å². The van der Waals surface area contributed by atoms with Gasteiger partial charge in [0, 0.05) is 50.3 Å². The minimum absolute atomic E-state index is 0.354. The van der Waals surface area contributed by atoms with E-state index in [0.29, 0.717) is 18.6 Å². The average molecular weight is 336 g/mol. The van der Waals surface area contributed by atoms with Gasteiger partial charge in [-0.1, -0.05) is 24.3 Å². The molecule has 0 saturated carbocycles. The molecule has 0 amide bonds. The molecule has 1 saturated heterocycles. The van der Waals surface area contributed by atoms with Crippen LogP contribution in [0.3, 0.4) is 0 Å². The van der Waals surface area contributed by atoms with Crippen LogP contribution in [0.15, 0.2) is 24.3 Å². The van der Waals surface area contributed by atoms with Gasteiger partial charge in [0.2, 0.25) is 5.95 Å². The number of nitrogens with zero attached hydrogens (tertiary/aromatic N) is 4. The fourth-order valence-electron chi connectivity index (χ4n) is 3.68. The molecular weight excluding hydrogens is 312 g/mol. The molecule has 0 bridgehead atoms. The highest BCUT2D eigenvalue weighted by Gasteiger charge is 2.24. The van der Waals surface area contributed by atoms with E-state index >= 15 is 0 Å². The summed E-state index contributed by atoms with van der Waals surface area (Å²) in [4.78, 5) is 25.7. The van der Waals surface area contributed by atoms with E-state index in [-0.39, 0.29) is 0 Å². The van der Waals surface area contributed by atoms with E-state index in [1.807, 2.05) is 0 Å². The standard InChI is InChI=1S/C20H24N4O/c1-14-15(2)21-20(22-19(14)23-11-8-18(25)9-12-23)24-10-7-16-5-3-4-6-17(16)13-24/h3-6H,7-13H2,1-2H3. The van der Waals surface area contributed by atoms with E-state index < -0.39 is 0 Å². The molecule has 130 valence electrons. The van der Waals surface area contributed by atoms with E-state index in [0.717, 1.165) is 55.6 Å². The number of Topliss-reactive ketones (excluding diaryl/α,β-unsaturated/α-hetero) is 1. The number of rotatable bonds is 2. The SMILES string of the molecule is Cc1nc(N2CCc3ccccc3C2)nc(N2CCC(=O)CC2)c1C. The Balaban J connectivity index is 1.64. The van der Waals surface area contributed by atoms with E-state index in [4.69, 9.17) is 9.97 Å². The Kier molecular flexibility index (Phi) is 4.15. The number of aromatic nitrogens is 2. The number of fused-ring (bicyclic) bond motifs is 1. The molecule has 0 unspecified atom stereocenters. The number of ketones is 1. The highest BCUT2D eigenvalue weighted by atomic mass is 16.1. The zero-order valence-electron chi connectivity index (χ0n) is 15.0. The minimum atomic E-state index is 0.354. The predicted molar refractivity (Wildman–Crippen MR) is 99.2 cm³/mol. The number of anilines is 2. The molecule has 0 aliphatic carbocycles. The van der Waals surface area contributed by atoms with E-state index in [2.05, 4.69) is 47.9 Å². The van der Waals surface area contributed by atoms with Crippen LogP contribution in [0.5, 0.6) is 0 Å². The molecule has 25 heavy (non-hydrogen) atoms. The van der Waals surface area contributed by atoms with Crippen molar-refractivity contribution in [3.8, 4) is 0 Å². The normalized spacial score (nSPS) is 17.6. The van der Waals surface area contributed by atoms with Crippen LogP contribution in [0.1, 0.15) is 35.2 Å². The van der Waals surface area contributed by atoms with Gasteiger partial charge in [0.25, 0.3) is 0 Å². The molecule has 2 aliphatic heterocycles. The van der Waals surface area contributed by atoms with Gasteiger partial charge >= 0.3 is 0 Å². The van der Waals surface area contributed by atoms with Crippen LogP contribution in [-0.4, -0.2) is 35.4 Å². The molecule has 1 aromatic carbocycles. The predicted octanol–water partition coefficient (Wildman–Crippen LogP) is 2.83. The average Bonchev–Trinajstić information content (AvgIpc) is 2.64. The summed E-state index contributed by atoms with van der Waals surface area (Å²) in [7, 11) is 0. The lowest BCUT2D eigenvalue weighted by atomic mass is 10.0. The highest BCUT2D eigenvalue weighted by Crippen LogP contribution is 2.28. The summed E-state index contributed by atoms with van der Waals surface area (Å²) in [5.41, 5.74) is 4.93. The van der Waals surface area contributed by atoms with Gasteiger partial charge in [-0.25, -0.2) is 4.98 Å². The molecule has 0 N–H and O–H groups in total. The van der Waals surface area contributed by atoms with Gasteiger partial charge in [-0.3, -0.25) is 4.79 Å². The Hall–Kier alpha value is -2.43. The third kappa shape index (κ3) is 3.11. The number of carbonyl (C=O) groups excluding carboxylic acids is 1. The lowest BCUT2D eigenvalue weighted by Crippen LogP contribution is -2.36. The summed E-state index contributed by atoms with van der Waals surface area (Å²) in [6, 6.07) is 8.61. The third-order valence-corrected chi connectivity index (χ3v) is 5.39. The van der Waals surface area contributed by atoms with Gasteiger partial charge in [-0.15, -0.1) is 0 Å². The van der Waals surface area contributed by atoms with Crippen LogP contribution in [-0.2, 0) is 17.8 Å². The molecule has 0 radical (unpaired) electrons. The number of hydrogen-bond acceptors (Lipinski definition) is 5. The second-order valence-corrected chi connectivity index (χ2v) is 7.02. The summed E-state index contributed by atoms with van der Waals surface area (Å²) < 4.78 is 0. The van der Waals surface area contributed by atoms with E-state index in [1.54, 1.807) is 0 Å². The van der Waals surface area contributed by atoms with Crippen molar-refractivity contribution in [3.63, 3.8) is 0 Å². The van der Waals surface area contributed by atoms with Gasteiger partial charge in [0.15, 0.2) is 0 Å². The fourth-order valence-corrected chi connectivity index (χ4v) is 3.68. The minimum Gasteiger partial charge on any atom is -0.355 e. The van der Waals surface area contributed by atoms with Crippen molar-refractivity contribution in [2.45, 2.75) is 39.7 Å². The summed E-state index contributed by atoms with van der Waals surface area (Å²) in [5, 5.41) is 0. The summed E-state index contributed by atoms with van der Waals surface area (Å²) >= 11 is 0. The van der Waals surface area contributed by atoms with Crippen LogP contribution < -0.4 is 9.80 Å². The van der Waals surface area contributed by atoms with Crippen LogP contribution in [0, 0.1) is 13.8 Å². The second kappa shape index (κ2) is 6.47. The lowest BCUT2D eigenvalue weighted by molar-refractivity contribution is -0.119. The van der Waals surface area contributed by atoms with Crippen molar-refractivity contribution in [1.82, 2.24) is 9.97 Å². The maximum atomic E-state index is 11.6. The number of hydrogen-bond donors (Lipinski definition) is 0. The van der Waals surface area contributed by atoms with Crippen molar-refractivity contribution in [3.05, 3.63) is 46.6 Å². The maximum absolute atomic E-state index is 11.6. The van der Waals surface area contributed by atoms with Crippen molar-refractivity contribution in [2.75, 3.05) is 29.4 Å². The third-order valence-electron chi connectivity index (χ3n) is 5.39. The maximum Gasteiger partial charge on any atom is 0.227 e. The number of benzene rings is 1. The molecule has 0 spiro atoms. The first-order chi connectivity index (χ1) is 12.1. The summed E-state index contributed by atoms with van der Waals surface area (Å²) in [5.74, 6) is 2.16. The molecule has 1 aromatic heterocycles. The first kappa shape index (κ1) is 16.1. The molecule has 5 heteroatoms.